The van der Waals surface area contributed by atoms with Crippen molar-refractivity contribution in [1.82, 2.24) is 25.6 Å². The third kappa shape index (κ3) is 3.51. The van der Waals surface area contributed by atoms with Gasteiger partial charge in [0, 0.05) is 10.6 Å². The Morgan fingerprint density at radius 3 is 2.70 bits per heavy atom. The fourth-order valence-corrected chi connectivity index (χ4v) is 2.26. The smallest absolute Gasteiger partial charge is 0.276 e. The summed E-state index contributed by atoms with van der Waals surface area (Å²) in [4.78, 5) is 16.6. The molecule has 0 saturated heterocycles. The van der Waals surface area contributed by atoms with Crippen molar-refractivity contribution in [2.75, 3.05) is 5.32 Å². The number of nitrogens with zero attached hydrogens (tertiary/aromatic N) is 4. The van der Waals surface area contributed by atoms with Gasteiger partial charge in [-0.3, -0.25) is 10.1 Å². The number of amides is 1. The van der Waals surface area contributed by atoms with Crippen LogP contribution in [0.1, 0.15) is 23.0 Å². The van der Waals surface area contributed by atoms with E-state index in [4.69, 9.17) is 11.6 Å². The average Bonchev–Trinajstić information content (AvgIpc) is 3.07. The van der Waals surface area contributed by atoms with Crippen LogP contribution in [0.4, 0.5) is 5.95 Å². The van der Waals surface area contributed by atoms with Crippen LogP contribution in [0.3, 0.4) is 0 Å². The second-order valence-corrected chi connectivity index (χ2v) is 5.23. The highest BCUT2D eigenvalue weighted by molar-refractivity contribution is 6.31. The molecule has 1 aromatic carbocycles. The first-order valence-electron chi connectivity index (χ1n) is 6.97. The number of aryl methyl sites for hydroxylation is 1. The summed E-state index contributed by atoms with van der Waals surface area (Å²) >= 11 is 6.11. The van der Waals surface area contributed by atoms with Crippen molar-refractivity contribution in [2.45, 2.75) is 13.3 Å². The SMILES string of the molecule is CCc1ccc(-c2cc(Cl)cc(C(=O)Nc3nn[nH]n3)n2)cc1. The lowest BCUT2D eigenvalue weighted by molar-refractivity contribution is 0.102. The minimum Gasteiger partial charge on any atom is -0.286 e. The number of H-pyrrole nitrogens is 1. The molecule has 0 unspecified atom stereocenters. The molecule has 2 heterocycles. The number of tetrazole rings is 1. The quantitative estimate of drug-likeness (QED) is 0.767. The van der Waals surface area contributed by atoms with Crippen LogP contribution in [-0.2, 0) is 6.42 Å². The summed E-state index contributed by atoms with van der Waals surface area (Å²) in [5.41, 5.74) is 2.92. The molecule has 2 aromatic heterocycles. The van der Waals surface area contributed by atoms with Gasteiger partial charge in [-0.25, -0.2) is 4.98 Å². The largest absolute Gasteiger partial charge is 0.286 e. The Morgan fingerprint density at radius 2 is 2.04 bits per heavy atom. The maximum absolute atomic E-state index is 12.2. The average molecular weight is 329 g/mol. The summed E-state index contributed by atoms with van der Waals surface area (Å²) in [5, 5.41) is 15.9. The molecular weight excluding hydrogens is 316 g/mol. The number of hydrogen-bond acceptors (Lipinski definition) is 5. The van der Waals surface area contributed by atoms with Gasteiger partial charge in [0.1, 0.15) is 5.69 Å². The first-order valence-corrected chi connectivity index (χ1v) is 7.35. The van der Waals surface area contributed by atoms with Crippen LogP contribution in [0, 0.1) is 0 Å². The number of pyridine rings is 1. The van der Waals surface area contributed by atoms with Crippen molar-refractivity contribution >= 4 is 23.5 Å². The lowest BCUT2D eigenvalue weighted by Gasteiger charge is -2.06. The highest BCUT2D eigenvalue weighted by atomic mass is 35.5. The molecule has 0 fully saturated rings. The molecular formula is C15H13ClN6O. The van der Waals surface area contributed by atoms with E-state index in [0.717, 1.165) is 12.0 Å². The fraction of sp³-hybridized carbons (Fsp3) is 0.133. The molecule has 2 N–H and O–H groups in total. The van der Waals surface area contributed by atoms with Crippen molar-refractivity contribution in [2.24, 2.45) is 0 Å². The van der Waals surface area contributed by atoms with Crippen LogP contribution >= 0.6 is 11.6 Å². The van der Waals surface area contributed by atoms with Gasteiger partial charge < -0.3 is 0 Å². The molecule has 0 spiro atoms. The number of aromatic amines is 1. The molecule has 0 atom stereocenters. The number of benzene rings is 1. The van der Waals surface area contributed by atoms with Gasteiger partial charge in [0.15, 0.2) is 0 Å². The molecule has 0 aliphatic rings. The van der Waals surface area contributed by atoms with E-state index in [1.54, 1.807) is 6.07 Å². The third-order valence-electron chi connectivity index (χ3n) is 3.25. The topological polar surface area (TPSA) is 96.5 Å². The summed E-state index contributed by atoms with van der Waals surface area (Å²) in [6.07, 6.45) is 0.960. The van der Waals surface area contributed by atoms with Crippen molar-refractivity contribution in [3.63, 3.8) is 0 Å². The van der Waals surface area contributed by atoms with Crippen LogP contribution < -0.4 is 5.32 Å². The Kier molecular flexibility index (Phi) is 4.29. The Morgan fingerprint density at radius 1 is 1.26 bits per heavy atom. The van der Waals surface area contributed by atoms with Gasteiger partial charge in [-0.2, -0.15) is 5.21 Å². The van der Waals surface area contributed by atoms with E-state index in [1.807, 2.05) is 24.3 Å². The summed E-state index contributed by atoms with van der Waals surface area (Å²) in [6, 6.07) is 11.2. The molecule has 1 amide bonds. The first-order chi connectivity index (χ1) is 11.2. The highest BCUT2D eigenvalue weighted by Crippen LogP contribution is 2.22. The Hall–Kier alpha value is -2.80. The van der Waals surface area contributed by atoms with Gasteiger partial charge in [-0.1, -0.05) is 47.9 Å². The van der Waals surface area contributed by atoms with E-state index in [9.17, 15) is 4.79 Å². The van der Waals surface area contributed by atoms with Crippen LogP contribution in [0.2, 0.25) is 5.02 Å². The van der Waals surface area contributed by atoms with Gasteiger partial charge in [0.25, 0.3) is 11.9 Å². The van der Waals surface area contributed by atoms with Crippen molar-refractivity contribution in [3.8, 4) is 11.3 Å². The number of rotatable bonds is 4. The van der Waals surface area contributed by atoms with Crippen LogP contribution in [0.15, 0.2) is 36.4 Å². The number of carbonyl (C=O) groups excluding carboxylic acids is 1. The molecule has 23 heavy (non-hydrogen) atoms. The zero-order chi connectivity index (χ0) is 16.2. The lowest BCUT2D eigenvalue weighted by Crippen LogP contribution is -2.15. The Bertz CT molecular complexity index is 816. The van der Waals surface area contributed by atoms with E-state index in [2.05, 4.69) is 37.8 Å². The second-order valence-electron chi connectivity index (χ2n) is 4.80. The zero-order valence-electron chi connectivity index (χ0n) is 12.2. The number of halogens is 1. The molecule has 8 heteroatoms. The number of aromatic nitrogens is 5. The number of carbonyl (C=O) groups is 1. The van der Waals surface area contributed by atoms with Crippen LogP contribution in [-0.4, -0.2) is 31.5 Å². The summed E-state index contributed by atoms with van der Waals surface area (Å²) in [6.45, 7) is 2.09. The first kappa shape index (κ1) is 15.1. The molecule has 0 bridgehead atoms. The molecule has 7 nitrogen and oxygen atoms in total. The summed E-state index contributed by atoms with van der Waals surface area (Å²) < 4.78 is 0. The molecule has 0 saturated carbocycles. The molecule has 0 radical (unpaired) electrons. The summed E-state index contributed by atoms with van der Waals surface area (Å²) in [7, 11) is 0. The maximum Gasteiger partial charge on any atom is 0.276 e. The van der Waals surface area contributed by atoms with Crippen LogP contribution in [0.25, 0.3) is 11.3 Å². The van der Waals surface area contributed by atoms with Gasteiger partial charge in [-0.15, -0.1) is 5.10 Å². The van der Waals surface area contributed by atoms with Crippen molar-refractivity contribution in [3.05, 3.63) is 52.7 Å². The van der Waals surface area contributed by atoms with E-state index in [-0.39, 0.29) is 11.6 Å². The second kappa shape index (κ2) is 6.53. The number of anilines is 1. The number of nitrogens with one attached hydrogen (secondary N) is 2. The Labute approximate surface area is 137 Å². The molecule has 3 rings (SSSR count). The van der Waals surface area contributed by atoms with Crippen molar-refractivity contribution < 1.29 is 4.79 Å². The molecule has 3 aromatic rings. The minimum absolute atomic E-state index is 0.0747. The fourth-order valence-electron chi connectivity index (χ4n) is 2.05. The van der Waals surface area contributed by atoms with E-state index in [1.165, 1.54) is 11.6 Å². The van der Waals surface area contributed by atoms with E-state index < -0.39 is 5.91 Å². The van der Waals surface area contributed by atoms with E-state index in [0.29, 0.717) is 10.7 Å². The lowest BCUT2D eigenvalue weighted by atomic mass is 10.1. The predicted octanol–water partition coefficient (Wildman–Crippen LogP) is 2.73. The zero-order valence-corrected chi connectivity index (χ0v) is 13.0. The van der Waals surface area contributed by atoms with Gasteiger partial charge in [0.2, 0.25) is 0 Å². The monoisotopic (exact) mass is 328 g/mol. The highest BCUT2D eigenvalue weighted by Gasteiger charge is 2.13. The Balaban J connectivity index is 1.90. The summed E-state index contributed by atoms with van der Waals surface area (Å²) in [5.74, 6) is -0.383. The molecule has 116 valence electrons. The minimum atomic E-state index is -0.458. The van der Waals surface area contributed by atoms with Gasteiger partial charge >= 0.3 is 0 Å². The van der Waals surface area contributed by atoms with Crippen molar-refractivity contribution in [1.29, 1.82) is 0 Å². The van der Waals surface area contributed by atoms with Gasteiger partial charge in [0.05, 0.1) is 5.69 Å². The van der Waals surface area contributed by atoms with Gasteiger partial charge in [-0.05, 0) is 29.3 Å². The predicted molar refractivity (Wildman–Crippen MR) is 86.2 cm³/mol. The van der Waals surface area contributed by atoms with Crippen LogP contribution in [0.5, 0.6) is 0 Å². The van der Waals surface area contributed by atoms with E-state index >= 15 is 0 Å². The molecule has 0 aliphatic heterocycles. The number of hydrogen-bond donors (Lipinski definition) is 2. The maximum atomic E-state index is 12.2. The molecule has 0 aliphatic carbocycles. The standard InChI is InChI=1S/C15H13ClN6O/c1-2-9-3-5-10(6-4-9)12-7-11(16)8-13(17-12)14(23)18-15-19-21-22-20-15/h3-8H,2H2,1H3,(H2,18,19,20,21,22,23). The normalized spacial score (nSPS) is 10.5. The third-order valence-corrected chi connectivity index (χ3v) is 3.47.